The van der Waals surface area contributed by atoms with Crippen molar-refractivity contribution >= 4 is 40.9 Å². The van der Waals surface area contributed by atoms with Gasteiger partial charge in [0.25, 0.3) is 0 Å². The van der Waals surface area contributed by atoms with Crippen LogP contribution >= 0.6 is 23.2 Å². The van der Waals surface area contributed by atoms with Gasteiger partial charge in [0.2, 0.25) is 0 Å². The Hall–Kier alpha value is -2.31. The van der Waals surface area contributed by atoms with Crippen molar-refractivity contribution in [3.05, 3.63) is 56.3 Å². The summed E-state index contributed by atoms with van der Waals surface area (Å²) < 4.78 is 10.1. The molecule has 1 N–H and O–H groups in total. The van der Waals surface area contributed by atoms with E-state index in [4.69, 9.17) is 32.7 Å². The van der Waals surface area contributed by atoms with Gasteiger partial charge in [-0.1, -0.05) is 36.2 Å². The number of rotatable bonds is 4. The molecule has 0 unspecified atom stereocenters. The lowest BCUT2D eigenvalue weighted by Crippen LogP contribution is -2.43. The highest BCUT2D eigenvalue weighted by atomic mass is 35.5. The first-order valence-corrected chi connectivity index (χ1v) is 10.4. The van der Waals surface area contributed by atoms with Crippen LogP contribution in [0.1, 0.15) is 38.7 Å². The van der Waals surface area contributed by atoms with E-state index in [-0.39, 0.29) is 23.9 Å². The summed E-state index contributed by atoms with van der Waals surface area (Å²) in [5.74, 6) is -3.51. The molecule has 1 aliphatic heterocycles. The van der Waals surface area contributed by atoms with E-state index in [9.17, 15) is 14.4 Å². The fourth-order valence-electron chi connectivity index (χ4n) is 4.21. The number of carbonyl (C=O) groups is 3. The number of benzene rings is 1. The maximum absolute atomic E-state index is 13.5. The molecular weight excluding hydrogens is 429 g/mol. The fraction of sp³-hybridized carbons (Fsp3) is 0.409. The number of hydrogen-bond donors (Lipinski definition) is 1. The van der Waals surface area contributed by atoms with Gasteiger partial charge in [0.05, 0.1) is 19.3 Å². The molecular formula is C22H23Cl2NO5. The summed E-state index contributed by atoms with van der Waals surface area (Å²) in [7, 11) is 1.26. The van der Waals surface area contributed by atoms with Crippen LogP contribution in [0.2, 0.25) is 10.0 Å². The Morgan fingerprint density at radius 3 is 2.57 bits per heavy atom. The van der Waals surface area contributed by atoms with E-state index in [0.29, 0.717) is 39.0 Å². The molecule has 3 rings (SSSR count). The zero-order chi connectivity index (χ0) is 22.2. The summed E-state index contributed by atoms with van der Waals surface area (Å²) in [4.78, 5) is 38.8. The predicted octanol–water partition coefficient (Wildman–Crippen LogP) is 4.17. The second-order valence-electron chi connectivity index (χ2n) is 7.42. The number of methoxy groups -OCH3 is 1. The summed E-state index contributed by atoms with van der Waals surface area (Å²) in [6.07, 6.45) is 0.454. The Kier molecular flexibility index (Phi) is 6.58. The van der Waals surface area contributed by atoms with Crippen LogP contribution < -0.4 is 5.32 Å². The zero-order valence-electron chi connectivity index (χ0n) is 17.2. The number of Topliss-reactive ketones (excluding diaryl/α,β-unsaturated/α-hetero) is 1. The third kappa shape index (κ3) is 3.86. The molecule has 0 saturated carbocycles. The normalized spacial score (nSPS) is 23.7. The smallest absolute Gasteiger partial charge is 0.336 e. The number of dihydropyridines is 1. The average molecular weight is 452 g/mol. The van der Waals surface area contributed by atoms with Gasteiger partial charge in [-0.15, -0.1) is 0 Å². The lowest BCUT2D eigenvalue weighted by atomic mass is 9.69. The number of allylic oxidation sites excluding steroid dienone is 3. The summed E-state index contributed by atoms with van der Waals surface area (Å²) in [5, 5.41) is 3.94. The van der Waals surface area contributed by atoms with Crippen LogP contribution in [0, 0.1) is 11.8 Å². The van der Waals surface area contributed by atoms with E-state index in [0.717, 1.165) is 0 Å². The predicted molar refractivity (Wildman–Crippen MR) is 113 cm³/mol. The van der Waals surface area contributed by atoms with Crippen molar-refractivity contribution in [1.82, 2.24) is 5.32 Å². The molecule has 0 spiro atoms. The van der Waals surface area contributed by atoms with Crippen LogP contribution in [-0.4, -0.2) is 31.4 Å². The first-order chi connectivity index (χ1) is 14.2. The summed E-state index contributed by atoms with van der Waals surface area (Å²) >= 11 is 12.5. The summed E-state index contributed by atoms with van der Waals surface area (Å²) in [5.41, 5.74) is 2.42. The first kappa shape index (κ1) is 22.4. The molecule has 0 bridgehead atoms. The van der Waals surface area contributed by atoms with Crippen molar-refractivity contribution in [1.29, 1.82) is 0 Å². The lowest BCUT2D eigenvalue weighted by molar-refractivity contribution is -0.151. The molecule has 1 aromatic carbocycles. The number of esters is 2. The van der Waals surface area contributed by atoms with E-state index in [1.54, 1.807) is 32.0 Å². The molecule has 6 nitrogen and oxygen atoms in total. The molecule has 1 aromatic rings. The molecule has 0 radical (unpaired) electrons. The van der Waals surface area contributed by atoms with Crippen LogP contribution in [-0.2, 0) is 23.9 Å². The number of hydrogen-bond acceptors (Lipinski definition) is 6. The molecule has 1 aliphatic carbocycles. The number of carbonyl (C=O) groups excluding carboxylic acids is 3. The highest BCUT2D eigenvalue weighted by molar-refractivity contribution is 6.35. The lowest BCUT2D eigenvalue weighted by Gasteiger charge is -2.38. The Morgan fingerprint density at radius 1 is 1.27 bits per heavy atom. The third-order valence-corrected chi connectivity index (χ3v) is 6.07. The molecule has 0 fully saturated rings. The van der Waals surface area contributed by atoms with Crippen LogP contribution in [0.25, 0.3) is 0 Å². The molecule has 0 aromatic heterocycles. The van der Waals surface area contributed by atoms with Gasteiger partial charge in [0, 0.05) is 32.9 Å². The number of halogens is 2. The topological polar surface area (TPSA) is 81.7 Å². The monoisotopic (exact) mass is 451 g/mol. The maximum Gasteiger partial charge on any atom is 0.336 e. The second-order valence-corrected chi connectivity index (χ2v) is 8.27. The fourth-order valence-corrected chi connectivity index (χ4v) is 4.72. The Balaban J connectivity index is 2.23. The molecule has 0 amide bonds. The van der Waals surface area contributed by atoms with Gasteiger partial charge < -0.3 is 14.8 Å². The minimum atomic E-state index is -0.953. The molecule has 2 aliphatic rings. The number of nitrogens with one attached hydrogen (secondary N) is 1. The molecule has 160 valence electrons. The molecule has 8 heteroatoms. The maximum atomic E-state index is 13.5. The highest BCUT2D eigenvalue weighted by Crippen LogP contribution is 2.47. The number of ketones is 1. The van der Waals surface area contributed by atoms with Gasteiger partial charge in [-0.2, -0.15) is 0 Å². The van der Waals surface area contributed by atoms with Gasteiger partial charge in [0.1, 0.15) is 5.92 Å². The Labute approximate surface area is 185 Å². The second kappa shape index (κ2) is 8.82. The quantitative estimate of drug-likeness (QED) is 0.546. The zero-order valence-corrected chi connectivity index (χ0v) is 18.7. The highest BCUT2D eigenvalue weighted by Gasteiger charge is 2.47. The third-order valence-electron chi connectivity index (χ3n) is 5.51. The molecule has 30 heavy (non-hydrogen) atoms. The van der Waals surface area contributed by atoms with Crippen LogP contribution in [0.3, 0.4) is 0 Å². The van der Waals surface area contributed by atoms with Gasteiger partial charge >= 0.3 is 11.9 Å². The first-order valence-electron chi connectivity index (χ1n) is 9.66. The van der Waals surface area contributed by atoms with Crippen molar-refractivity contribution in [2.45, 2.75) is 33.1 Å². The Bertz CT molecular complexity index is 982. The van der Waals surface area contributed by atoms with E-state index < -0.39 is 23.8 Å². The van der Waals surface area contributed by atoms with Crippen molar-refractivity contribution in [2.24, 2.45) is 11.8 Å². The molecule has 3 atom stereocenters. The molecule has 0 saturated heterocycles. The summed E-state index contributed by atoms with van der Waals surface area (Å²) in [6, 6.07) is 4.90. The van der Waals surface area contributed by atoms with Gasteiger partial charge in [-0.3, -0.25) is 9.59 Å². The SMILES string of the molecule is CCOC(=O)C1=C(C)NC2=C(C(=O)[C@@H](C(=O)OC)[C@H](C)C2)[C@@H]1c1ccc(Cl)cc1Cl. The average Bonchev–Trinajstić information content (AvgIpc) is 2.66. The standard InChI is InChI=1S/C22H23Cl2NO5/c1-5-30-22(28)17-11(3)25-15-8-10(2)16(21(27)29-4)20(26)19(15)18(17)13-7-6-12(23)9-14(13)24/h6-7,9-10,16,18,25H,5,8H2,1-4H3/t10-,16+,18-/m1/s1. The van der Waals surface area contributed by atoms with E-state index in [1.165, 1.54) is 7.11 Å². The van der Waals surface area contributed by atoms with E-state index >= 15 is 0 Å². The van der Waals surface area contributed by atoms with Crippen molar-refractivity contribution < 1.29 is 23.9 Å². The molecule has 1 heterocycles. The van der Waals surface area contributed by atoms with Crippen LogP contribution in [0.5, 0.6) is 0 Å². The van der Waals surface area contributed by atoms with Gasteiger partial charge in [0.15, 0.2) is 5.78 Å². The van der Waals surface area contributed by atoms with Crippen molar-refractivity contribution in [3.8, 4) is 0 Å². The van der Waals surface area contributed by atoms with Crippen molar-refractivity contribution in [3.63, 3.8) is 0 Å². The van der Waals surface area contributed by atoms with Gasteiger partial charge in [-0.05, 0) is 43.9 Å². The van der Waals surface area contributed by atoms with Crippen LogP contribution in [0.15, 0.2) is 40.7 Å². The van der Waals surface area contributed by atoms with Crippen LogP contribution in [0.4, 0.5) is 0 Å². The van der Waals surface area contributed by atoms with E-state index in [1.807, 2.05) is 6.92 Å². The minimum Gasteiger partial charge on any atom is -0.468 e. The minimum absolute atomic E-state index is 0.179. The van der Waals surface area contributed by atoms with Gasteiger partial charge in [-0.25, -0.2) is 4.79 Å². The largest absolute Gasteiger partial charge is 0.468 e. The van der Waals surface area contributed by atoms with Crippen molar-refractivity contribution in [2.75, 3.05) is 13.7 Å². The number of ether oxygens (including phenoxy) is 2. The Morgan fingerprint density at radius 2 is 1.97 bits per heavy atom. The summed E-state index contributed by atoms with van der Waals surface area (Å²) in [6.45, 7) is 5.47. The van der Waals surface area contributed by atoms with E-state index in [2.05, 4.69) is 5.32 Å².